The van der Waals surface area contributed by atoms with Crippen LogP contribution in [0.1, 0.15) is 43.4 Å². The van der Waals surface area contributed by atoms with Gasteiger partial charge in [0, 0.05) is 13.1 Å². The van der Waals surface area contributed by atoms with E-state index in [-0.39, 0.29) is 0 Å². The minimum Gasteiger partial charge on any atom is -0.326 e. The summed E-state index contributed by atoms with van der Waals surface area (Å²) >= 11 is 0. The van der Waals surface area contributed by atoms with Crippen LogP contribution in [0.15, 0.2) is 18.2 Å². The molecule has 1 rings (SSSR count). The first-order valence-electron chi connectivity index (χ1n) is 6.72. The summed E-state index contributed by atoms with van der Waals surface area (Å²) in [6.45, 7) is 10.7. The lowest BCUT2D eigenvalue weighted by molar-refractivity contribution is 0.266. The molecule has 0 saturated heterocycles. The fourth-order valence-corrected chi connectivity index (χ4v) is 2.21. The molecule has 96 valence electrons. The van der Waals surface area contributed by atoms with E-state index in [1.165, 1.54) is 42.6 Å². The molecule has 0 fully saturated rings. The van der Waals surface area contributed by atoms with Crippen LogP contribution in [0.3, 0.4) is 0 Å². The lowest BCUT2D eigenvalue weighted by Gasteiger charge is -2.22. The Morgan fingerprint density at radius 3 is 2.24 bits per heavy atom. The van der Waals surface area contributed by atoms with Crippen molar-refractivity contribution in [3.63, 3.8) is 0 Å². The summed E-state index contributed by atoms with van der Waals surface area (Å²) in [6, 6.07) is 6.60. The lowest BCUT2D eigenvalue weighted by Crippen LogP contribution is -2.25. The first-order valence-corrected chi connectivity index (χ1v) is 6.72. The second kappa shape index (κ2) is 7.46. The first-order chi connectivity index (χ1) is 8.21. The van der Waals surface area contributed by atoms with E-state index < -0.39 is 0 Å². The molecule has 0 saturated carbocycles. The minimum atomic E-state index is 0.634. The van der Waals surface area contributed by atoms with Crippen LogP contribution in [-0.2, 0) is 13.1 Å². The third-order valence-corrected chi connectivity index (χ3v) is 3.12. The molecule has 0 unspecified atom stereocenters. The summed E-state index contributed by atoms with van der Waals surface area (Å²) in [5.41, 5.74) is 9.68. The van der Waals surface area contributed by atoms with Crippen LogP contribution in [0.5, 0.6) is 0 Å². The summed E-state index contributed by atoms with van der Waals surface area (Å²) in [5, 5.41) is 0. The van der Waals surface area contributed by atoms with Gasteiger partial charge in [-0.25, -0.2) is 0 Å². The van der Waals surface area contributed by atoms with Gasteiger partial charge in [0.2, 0.25) is 0 Å². The highest BCUT2D eigenvalue weighted by Crippen LogP contribution is 2.14. The first kappa shape index (κ1) is 14.2. The Hall–Kier alpha value is -0.860. The number of benzene rings is 1. The zero-order valence-corrected chi connectivity index (χ0v) is 11.5. The summed E-state index contributed by atoms with van der Waals surface area (Å²) in [4.78, 5) is 2.53. The smallest absolute Gasteiger partial charge is 0.0236 e. The molecule has 1 aromatic carbocycles. The number of hydrogen-bond donors (Lipinski definition) is 1. The highest BCUT2D eigenvalue weighted by atomic mass is 15.1. The van der Waals surface area contributed by atoms with Crippen LogP contribution in [0.25, 0.3) is 0 Å². The van der Waals surface area contributed by atoms with E-state index in [9.17, 15) is 0 Å². The van der Waals surface area contributed by atoms with Gasteiger partial charge in [-0.15, -0.1) is 0 Å². The average Bonchev–Trinajstić information content (AvgIpc) is 2.32. The van der Waals surface area contributed by atoms with Gasteiger partial charge in [-0.05, 0) is 49.5 Å². The summed E-state index contributed by atoms with van der Waals surface area (Å²) in [7, 11) is 0. The third kappa shape index (κ3) is 4.49. The van der Waals surface area contributed by atoms with Crippen molar-refractivity contribution in [3.05, 3.63) is 34.9 Å². The van der Waals surface area contributed by atoms with E-state index in [1.54, 1.807) is 0 Å². The number of rotatable bonds is 7. The fraction of sp³-hybridized carbons (Fsp3) is 0.600. The average molecular weight is 234 g/mol. The highest BCUT2D eigenvalue weighted by Gasteiger charge is 2.06. The van der Waals surface area contributed by atoms with Crippen LogP contribution in [-0.4, -0.2) is 18.0 Å². The third-order valence-electron chi connectivity index (χ3n) is 3.12. The molecule has 0 aromatic heterocycles. The molecule has 0 bridgehead atoms. The maximum Gasteiger partial charge on any atom is 0.0236 e. The van der Waals surface area contributed by atoms with Crippen LogP contribution in [0.4, 0.5) is 0 Å². The number of hydrogen-bond acceptors (Lipinski definition) is 2. The molecule has 2 nitrogen and oxygen atoms in total. The van der Waals surface area contributed by atoms with E-state index in [0.29, 0.717) is 6.54 Å². The molecule has 0 radical (unpaired) electrons. The van der Waals surface area contributed by atoms with Gasteiger partial charge in [0.05, 0.1) is 0 Å². The van der Waals surface area contributed by atoms with Gasteiger partial charge in [0.1, 0.15) is 0 Å². The Labute approximate surface area is 106 Å². The van der Waals surface area contributed by atoms with Crippen molar-refractivity contribution in [2.45, 2.75) is 46.7 Å². The van der Waals surface area contributed by atoms with E-state index in [1.807, 2.05) is 0 Å². The molecule has 17 heavy (non-hydrogen) atoms. The largest absolute Gasteiger partial charge is 0.326 e. The van der Waals surface area contributed by atoms with Crippen LogP contribution in [0, 0.1) is 6.92 Å². The second-order valence-electron chi connectivity index (χ2n) is 4.74. The summed E-state index contributed by atoms with van der Waals surface area (Å²) in [5.74, 6) is 0. The van der Waals surface area contributed by atoms with Gasteiger partial charge in [-0.3, -0.25) is 4.90 Å². The van der Waals surface area contributed by atoms with Crippen molar-refractivity contribution in [1.82, 2.24) is 4.90 Å². The quantitative estimate of drug-likeness (QED) is 0.785. The fourth-order valence-electron chi connectivity index (χ4n) is 2.21. The van der Waals surface area contributed by atoms with E-state index in [2.05, 4.69) is 43.9 Å². The van der Waals surface area contributed by atoms with Crippen LogP contribution in [0.2, 0.25) is 0 Å². The maximum absolute atomic E-state index is 5.66. The van der Waals surface area contributed by atoms with Crippen molar-refractivity contribution in [2.24, 2.45) is 5.73 Å². The van der Waals surface area contributed by atoms with Crippen molar-refractivity contribution >= 4 is 0 Å². The van der Waals surface area contributed by atoms with Crippen LogP contribution >= 0.6 is 0 Å². The molecule has 0 heterocycles. The number of nitrogens with zero attached hydrogens (tertiary/aromatic N) is 1. The van der Waals surface area contributed by atoms with Gasteiger partial charge in [-0.1, -0.05) is 32.0 Å². The van der Waals surface area contributed by atoms with Crippen molar-refractivity contribution < 1.29 is 0 Å². The van der Waals surface area contributed by atoms with Gasteiger partial charge < -0.3 is 5.73 Å². The van der Waals surface area contributed by atoms with Crippen molar-refractivity contribution in [2.75, 3.05) is 13.1 Å². The zero-order valence-electron chi connectivity index (χ0n) is 11.5. The van der Waals surface area contributed by atoms with E-state index in [0.717, 1.165) is 6.54 Å². The molecular weight excluding hydrogens is 208 g/mol. The molecule has 0 atom stereocenters. The van der Waals surface area contributed by atoms with Crippen LogP contribution < -0.4 is 5.73 Å². The molecule has 0 amide bonds. The number of aryl methyl sites for hydroxylation is 1. The van der Waals surface area contributed by atoms with E-state index in [4.69, 9.17) is 5.73 Å². The Morgan fingerprint density at radius 1 is 1.12 bits per heavy atom. The van der Waals surface area contributed by atoms with Gasteiger partial charge in [0.25, 0.3) is 0 Å². The Kier molecular flexibility index (Phi) is 6.23. The zero-order chi connectivity index (χ0) is 12.7. The molecule has 2 N–H and O–H groups in total. The predicted molar refractivity (Wildman–Crippen MR) is 74.9 cm³/mol. The molecule has 0 aliphatic rings. The molecule has 0 spiro atoms. The maximum atomic E-state index is 5.66. The van der Waals surface area contributed by atoms with Gasteiger partial charge >= 0.3 is 0 Å². The standard InChI is InChI=1S/C15H26N2/c1-4-8-17(9-5-2)12-15-7-6-14(11-16)10-13(15)3/h6-7,10H,4-5,8-9,11-12,16H2,1-3H3. The Morgan fingerprint density at radius 2 is 1.76 bits per heavy atom. The normalized spacial score (nSPS) is 11.1. The minimum absolute atomic E-state index is 0.634. The van der Waals surface area contributed by atoms with Crippen molar-refractivity contribution in [3.8, 4) is 0 Å². The predicted octanol–water partition coefficient (Wildman–Crippen LogP) is 3.08. The molecule has 0 aliphatic heterocycles. The number of nitrogens with two attached hydrogens (primary N) is 1. The lowest BCUT2D eigenvalue weighted by atomic mass is 10.0. The highest BCUT2D eigenvalue weighted by molar-refractivity contribution is 5.30. The Balaban J connectivity index is 2.71. The van der Waals surface area contributed by atoms with Gasteiger partial charge in [-0.2, -0.15) is 0 Å². The topological polar surface area (TPSA) is 29.3 Å². The van der Waals surface area contributed by atoms with E-state index >= 15 is 0 Å². The molecule has 0 aliphatic carbocycles. The SMILES string of the molecule is CCCN(CCC)Cc1ccc(CN)cc1C. The monoisotopic (exact) mass is 234 g/mol. The summed E-state index contributed by atoms with van der Waals surface area (Å²) < 4.78 is 0. The molecular formula is C15H26N2. The van der Waals surface area contributed by atoms with Crippen molar-refractivity contribution in [1.29, 1.82) is 0 Å². The molecule has 1 aromatic rings. The van der Waals surface area contributed by atoms with Gasteiger partial charge in [0.15, 0.2) is 0 Å². The second-order valence-corrected chi connectivity index (χ2v) is 4.74. The molecule has 2 heteroatoms. The Bertz CT molecular complexity index is 328. The summed E-state index contributed by atoms with van der Waals surface area (Å²) in [6.07, 6.45) is 2.44.